The number of hydrogen-bond acceptors (Lipinski definition) is 3. The summed E-state index contributed by atoms with van der Waals surface area (Å²) in [7, 11) is 0. The lowest BCUT2D eigenvalue weighted by Gasteiger charge is -2.11. The summed E-state index contributed by atoms with van der Waals surface area (Å²) in [5, 5.41) is 9.02. The second kappa shape index (κ2) is 7.79. The van der Waals surface area contributed by atoms with Crippen molar-refractivity contribution in [3.8, 4) is 5.75 Å². The van der Waals surface area contributed by atoms with Gasteiger partial charge in [-0.3, -0.25) is 0 Å². The van der Waals surface area contributed by atoms with E-state index < -0.39 is 0 Å². The highest BCUT2D eigenvalue weighted by Gasteiger charge is 2.05. The maximum Gasteiger partial charge on any atom is 0.120 e. The van der Waals surface area contributed by atoms with Gasteiger partial charge in [0.05, 0.1) is 12.6 Å². The van der Waals surface area contributed by atoms with Crippen LogP contribution in [0, 0.1) is 0 Å². The minimum Gasteiger partial charge on any atom is -0.489 e. The van der Waals surface area contributed by atoms with Crippen LogP contribution < -0.4 is 10.5 Å². The molecule has 4 heteroatoms. The van der Waals surface area contributed by atoms with Crippen molar-refractivity contribution >= 4 is 12.4 Å². The van der Waals surface area contributed by atoms with Crippen LogP contribution in [0.2, 0.25) is 0 Å². The first-order valence-electron chi connectivity index (χ1n) is 5.92. The van der Waals surface area contributed by atoms with Crippen molar-refractivity contribution < 1.29 is 9.84 Å². The van der Waals surface area contributed by atoms with E-state index in [-0.39, 0.29) is 25.1 Å². The van der Waals surface area contributed by atoms with Gasteiger partial charge in [-0.25, -0.2) is 0 Å². The zero-order chi connectivity index (χ0) is 12.8. The molecule has 2 aromatic rings. The highest BCUT2D eigenvalue weighted by atomic mass is 35.5. The van der Waals surface area contributed by atoms with E-state index in [9.17, 15) is 0 Å². The molecule has 0 heterocycles. The number of benzene rings is 2. The summed E-state index contributed by atoms with van der Waals surface area (Å²) in [5.74, 6) is 0.764. The summed E-state index contributed by atoms with van der Waals surface area (Å²) < 4.78 is 5.69. The fourth-order valence-electron chi connectivity index (χ4n) is 1.68. The molecular weight excluding hydrogens is 262 g/mol. The molecule has 0 aromatic heterocycles. The van der Waals surface area contributed by atoms with Crippen LogP contribution in [-0.4, -0.2) is 11.7 Å². The monoisotopic (exact) mass is 279 g/mol. The van der Waals surface area contributed by atoms with E-state index >= 15 is 0 Å². The third-order valence-electron chi connectivity index (χ3n) is 2.73. The van der Waals surface area contributed by atoms with Gasteiger partial charge in [0.1, 0.15) is 12.4 Å². The Hall–Kier alpha value is -1.55. The Balaban J connectivity index is 0.00000180. The van der Waals surface area contributed by atoms with E-state index in [4.69, 9.17) is 15.6 Å². The Morgan fingerprint density at radius 1 is 1.05 bits per heavy atom. The Morgan fingerprint density at radius 3 is 2.47 bits per heavy atom. The zero-order valence-electron chi connectivity index (χ0n) is 10.5. The highest BCUT2D eigenvalue weighted by Crippen LogP contribution is 2.18. The van der Waals surface area contributed by atoms with Gasteiger partial charge in [-0.15, -0.1) is 12.4 Å². The van der Waals surface area contributed by atoms with Crippen molar-refractivity contribution in [2.75, 3.05) is 6.61 Å². The molecule has 0 aliphatic rings. The molecule has 0 bridgehead atoms. The van der Waals surface area contributed by atoms with Crippen LogP contribution in [0.1, 0.15) is 17.2 Å². The molecule has 0 aliphatic heterocycles. The molecule has 0 amide bonds. The van der Waals surface area contributed by atoms with Crippen LogP contribution >= 0.6 is 12.4 Å². The molecule has 1 atom stereocenters. The number of halogens is 1. The Labute approximate surface area is 119 Å². The van der Waals surface area contributed by atoms with Crippen molar-refractivity contribution in [2.45, 2.75) is 12.6 Å². The predicted octanol–water partition coefficient (Wildman–Crippen LogP) is 2.68. The number of aliphatic hydroxyl groups is 1. The van der Waals surface area contributed by atoms with E-state index in [1.807, 2.05) is 54.6 Å². The van der Waals surface area contributed by atoms with E-state index in [0.717, 1.165) is 16.9 Å². The SMILES string of the molecule is Cl.N[C@H](CO)c1cccc(OCc2ccccc2)c1. The Kier molecular flexibility index (Phi) is 6.36. The molecular formula is C15H18ClNO2. The van der Waals surface area contributed by atoms with Crippen LogP contribution in [0.3, 0.4) is 0 Å². The van der Waals surface area contributed by atoms with Gasteiger partial charge in [0.25, 0.3) is 0 Å². The fraction of sp³-hybridized carbons (Fsp3) is 0.200. The van der Waals surface area contributed by atoms with Gasteiger partial charge in [-0.1, -0.05) is 42.5 Å². The maximum atomic E-state index is 9.02. The minimum atomic E-state index is -0.356. The van der Waals surface area contributed by atoms with Gasteiger partial charge >= 0.3 is 0 Å². The first-order chi connectivity index (χ1) is 8.79. The summed E-state index contributed by atoms with van der Waals surface area (Å²) >= 11 is 0. The maximum absolute atomic E-state index is 9.02. The molecule has 2 rings (SSSR count). The third-order valence-corrected chi connectivity index (χ3v) is 2.73. The van der Waals surface area contributed by atoms with Crippen LogP contribution in [0.25, 0.3) is 0 Å². The molecule has 0 radical (unpaired) electrons. The summed E-state index contributed by atoms with van der Waals surface area (Å²) in [6, 6.07) is 17.1. The summed E-state index contributed by atoms with van der Waals surface area (Å²) in [6.07, 6.45) is 0. The molecule has 0 fully saturated rings. The zero-order valence-corrected chi connectivity index (χ0v) is 11.3. The van der Waals surface area contributed by atoms with Gasteiger partial charge in [0.15, 0.2) is 0 Å². The molecule has 19 heavy (non-hydrogen) atoms. The molecule has 2 aromatic carbocycles. The van der Waals surface area contributed by atoms with Gasteiger partial charge in [0, 0.05) is 0 Å². The van der Waals surface area contributed by atoms with E-state index in [1.54, 1.807) is 0 Å². The van der Waals surface area contributed by atoms with Crippen LogP contribution in [0.5, 0.6) is 5.75 Å². The van der Waals surface area contributed by atoms with Crippen LogP contribution in [0.15, 0.2) is 54.6 Å². The fourth-order valence-corrected chi connectivity index (χ4v) is 1.68. The molecule has 0 aliphatic carbocycles. The van der Waals surface area contributed by atoms with E-state index in [0.29, 0.717) is 6.61 Å². The standard InChI is InChI=1S/C15H17NO2.ClH/c16-15(10-17)13-7-4-8-14(9-13)18-11-12-5-2-1-3-6-12;/h1-9,15,17H,10-11,16H2;1H/t15-;/m1./s1. The normalized spacial score (nSPS) is 11.5. The van der Waals surface area contributed by atoms with Gasteiger partial charge in [-0.05, 0) is 23.3 Å². The van der Waals surface area contributed by atoms with E-state index in [2.05, 4.69) is 0 Å². The van der Waals surface area contributed by atoms with Crippen molar-refractivity contribution in [2.24, 2.45) is 5.73 Å². The van der Waals surface area contributed by atoms with Crippen molar-refractivity contribution in [1.29, 1.82) is 0 Å². The molecule has 0 saturated heterocycles. The lowest BCUT2D eigenvalue weighted by molar-refractivity contribution is 0.267. The second-order valence-electron chi connectivity index (χ2n) is 4.14. The van der Waals surface area contributed by atoms with Gasteiger partial charge in [-0.2, -0.15) is 0 Å². The Morgan fingerprint density at radius 2 is 1.79 bits per heavy atom. The lowest BCUT2D eigenvalue weighted by Crippen LogP contribution is -2.14. The van der Waals surface area contributed by atoms with Crippen molar-refractivity contribution in [3.05, 3.63) is 65.7 Å². The molecule has 0 unspecified atom stereocenters. The molecule has 3 nitrogen and oxygen atoms in total. The first kappa shape index (κ1) is 15.5. The predicted molar refractivity (Wildman–Crippen MR) is 78.5 cm³/mol. The first-order valence-corrected chi connectivity index (χ1v) is 5.92. The van der Waals surface area contributed by atoms with Gasteiger partial charge in [0.2, 0.25) is 0 Å². The topological polar surface area (TPSA) is 55.5 Å². The largest absolute Gasteiger partial charge is 0.489 e. The highest BCUT2D eigenvalue weighted by molar-refractivity contribution is 5.85. The quantitative estimate of drug-likeness (QED) is 0.885. The summed E-state index contributed by atoms with van der Waals surface area (Å²) in [4.78, 5) is 0. The minimum absolute atomic E-state index is 0. The number of rotatable bonds is 5. The van der Waals surface area contributed by atoms with Crippen molar-refractivity contribution in [1.82, 2.24) is 0 Å². The smallest absolute Gasteiger partial charge is 0.120 e. The average molecular weight is 280 g/mol. The summed E-state index contributed by atoms with van der Waals surface area (Å²) in [6.45, 7) is 0.459. The third kappa shape index (κ3) is 4.56. The van der Waals surface area contributed by atoms with Gasteiger partial charge < -0.3 is 15.6 Å². The number of hydrogen-bond donors (Lipinski definition) is 2. The van der Waals surface area contributed by atoms with E-state index in [1.165, 1.54) is 0 Å². The molecule has 0 saturated carbocycles. The summed E-state index contributed by atoms with van der Waals surface area (Å²) in [5.41, 5.74) is 7.76. The second-order valence-corrected chi connectivity index (χ2v) is 4.14. The molecule has 0 spiro atoms. The number of ether oxygens (including phenoxy) is 1. The Bertz CT molecular complexity index is 491. The molecule has 3 N–H and O–H groups in total. The lowest BCUT2D eigenvalue weighted by atomic mass is 10.1. The number of aliphatic hydroxyl groups excluding tert-OH is 1. The number of nitrogens with two attached hydrogens (primary N) is 1. The average Bonchev–Trinajstić information content (AvgIpc) is 2.45. The van der Waals surface area contributed by atoms with Crippen LogP contribution in [0.4, 0.5) is 0 Å². The van der Waals surface area contributed by atoms with Crippen LogP contribution in [-0.2, 0) is 6.61 Å². The van der Waals surface area contributed by atoms with Crippen molar-refractivity contribution in [3.63, 3.8) is 0 Å². The molecule has 102 valence electrons.